The zero-order valence-corrected chi connectivity index (χ0v) is 19.0. The van der Waals surface area contributed by atoms with Crippen LogP contribution in [-0.4, -0.2) is 33.7 Å². The van der Waals surface area contributed by atoms with Crippen molar-refractivity contribution in [2.45, 2.75) is 66.4 Å². The van der Waals surface area contributed by atoms with Gasteiger partial charge < -0.3 is 5.32 Å². The van der Waals surface area contributed by atoms with Crippen molar-refractivity contribution in [2.24, 2.45) is 0 Å². The first kappa shape index (κ1) is 22.0. The van der Waals surface area contributed by atoms with Crippen molar-refractivity contribution < 1.29 is 21.6 Å². The van der Waals surface area contributed by atoms with E-state index in [1.807, 2.05) is 6.07 Å². The summed E-state index contributed by atoms with van der Waals surface area (Å²) in [5.41, 5.74) is 2.63. The van der Waals surface area contributed by atoms with Crippen molar-refractivity contribution in [3.63, 3.8) is 0 Å². The van der Waals surface area contributed by atoms with Crippen molar-refractivity contribution in [1.29, 1.82) is 0 Å². The van der Waals surface area contributed by atoms with Crippen molar-refractivity contribution in [3.8, 4) is 0 Å². The number of nitrogens with one attached hydrogen (secondary N) is 1. The molecule has 0 radical (unpaired) electrons. The highest BCUT2D eigenvalue weighted by molar-refractivity contribution is 7.92. The molecule has 1 amide bonds. The molecule has 6 nitrogen and oxygen atoms in total. The fourth-order valence-electron chi connectivity index (χ4n) is 4.45. The normalized spacial score (nSPS) is 16.9. The zero-order valence-electron chi connectivity index (χ0n) is 17.3. The highest BCUT2D eigenvalue weighted by atomic mass is 32.2. The van der Waals surface area contributed by atoms with Crippen LogP contribution in [0.4, 0.5) is 5.69 Å². The lowest BCUT2D eigenvalue weighted by atomic mass is 10.1. The van der Waals surface area contributed by atoms with Crippen LogP contribution in [-0.2, 0) is 37.3 Å². The molecule has 0 saturated heterocycles. The first-order valence-electron chi connectivity index (χ1n) is 10.7. The number of anilines is 1. The standard InChI is InChI=1S/C23H27NO5S2/c25-23(13-14-30(26,27)21-12-11-17-5-3-6-18(17)15-21)24-19-7-4-10-22(16-19)31(28,29)20-8-1-2-9-20/h4,7,10-12,15-16,20H,1-3,5-6,8-9,13-14H2,(H,24,25). The molecule has 2 aliphatic rings. The highest BCUT2D eigenvalue weighted by Crippen LogP contribution is 2.30. The second-order valence-electron chi connectivity index (χ2n) is 8.38. The second kappa shape index (κ2) is 8.74. The summed E-state index contributed by atoms with van der Waals surface area (Å²) < 4.78 is 50.9. The SMILES string of the molecule is O=C(CCS(=O)(=O)c1ccc2c(c1)CCC2)Nc1cccc(S(=O)(=O)C2CCCC2)c1. The third-order valence-electron chi connectivity index (χ3n) is 6.21. The number of hydrogen-bond acceptors (Lipinski definition) is 5. The van der Waals surface area contributed by atoms with Crippen molar-refractivity contribution in [2.75, 3.05) is 11.1 Å². The van der Waals surface area contributed by atoms with Crippen LogP contribution in [0.15, 0.2) is 52.3 Å². The number of amides is 1. The molecule has 1 fully saturated rings. The van der Waals surface area contributed by atoms with Gasteiger partial charge in [-0.25, -0.2) is 16.8 Å². The predicted molar refractivity (Wildman–Crippen MR) is 120 cm³/mol. The minimum atomic E-state index is -3.57. The fraction of sp³-hybridized carbons (Fsp3) is 0.435. The van der Waals surface area contributed by atoms with E-state index in [4.69, 9.17) is 0 Å². The molecule has 0 spiro atoms. The lowest BCUT2D eigenvalue weighted by Gasteiger charge is -2.13. The van der Waals surface area contributed by atoms with E-state index in [2.05, 4.69) is 5.32 Å². The van der Waals surface area contributed by atoms with Crippen LogP contribution in [0.5, 0.6) is 0 Å². The number of aryl methyl sites for hydroxylation is 2. The highest BCUT2D eigenvalue weighted by Gasteiger charge is 2.30. The van der Waals surface area contributed by atoms with E-state index in [1.165, 1.54) is 11.6 Å². The molecular weight excluding hydrogens is 434 g/mol. The molecule has 4 rings (SSSR count). The molecule has 0 aromatic heterocycles. The number of fused-ring (bicyclic) bond motifs is 1. The molecule has 2 aromatic carbocycles. The minimum Gasteiger partial charge on any atom is -0.326 e. The molecular formula is C23H27NO5S2. The molecule has 0 heterocycles. The summed E-state index contributed by atoms with van der Waals surface area (Å²) in [6.45, 7) is 0. The number of carbonyl (C=O) groups excluding carboxylic acids is 1. The van der Waals surface area contributed by atoms with Gasteiger partial charge in [0.05, 0.1) is 20.8 Å². The summed E-state index contributed by atoms with van der Waals surface area (Å²) in [5.74, 6) is -0.752. The van der Waals surface area contributed by atoms with Crippen LogP contribution < -0.4 is 5.32 Å². The quantitative estimate of drug-likeness (QED) is 0.678. The molecule has 2 aliphatic carbocycles. The first-order chi connectivity index (χ1) is 14.8. The van der Waals surface area contributed by atoms with Crippen LogP contribution >= 0.6 is 0 Å². The average Bonchev–Trinajstić information content (AvgIpc) is 3.44. The van der Waals surface area contributed by atoms with Gasteiger partial charge in [-0.1, -0.05) is 25.0 Å². The van der Waals surface area contributed by atoms with Gasteiger partial charge in [0.25, 0.3) is 0 Å². The predicted octanol–water partition coefficient (Wildman–Crippen LogP) is 3.69. The van der Waals surface area contributed by atoms with Gasteiger partial charge in [0.15, 0.2) is 19.7 Å². The summed E-state index contributed by atoms with van der Waals surface area (Å²) in [7, 11) is -6.99. The van der Waals surface area contributed by atoms with E-state index < -0.39 is 25.6 Å². The number of rotatable bonds is 7. The monoisotopic (exact) mass is 461 g/mol. The van der Waals surface area contributed by atoms with Crippen molar-refractivity contribution in [1.82, 2.24) is 0 Å². The van der Waals surface area contributed by atoms with Crippen LogP contribution in [0.25, 0.3) is 0 Å². The third-order valence-corrected chi connectivity index (χ3v) is 10.2. The van der Waals surface area contributed by atoms with Gasteiger partial charge >= 0.3 is 0 Å². The maximum absolute atomic E-state index is 12.8. The minimum absolute atomic E-state index is 0.195. The molecule has 2 aromatic rings. The van der Waals surface area contributed by atoms with Gasteiger partial charge in [-0.2, -0.15) is 0 Å². The Hall–Kier alpha value is -2.19. The number of benzene rings is 2. The maximum atomic E-state index is 12.8. The molecule has 0 aliphatic heterocycles. The van der Waals surface area contributed by atoms with Gasteiger partial charge in [0.2, 0.25) is 5.91 Å². The van der Waals surface area contributed by atoms with Crippen molar-refractivity contribution in [3.05, 3.63) is 53.6 Å². The van der Waals surface area contributed by atoms with Gasteiger partial charge in [0, 0.05) is 12.1 Å². The first-order valence-corrected chi connectivity index (χ1v) is 13.9. The molecule has 166 valence electrons. The summed E-state index contributed by atoms with van der Waals surface area (Å²) in [5, 5.41) is 2.28. The molecule has 31 heavy (non-hydrogen) atoms. The molecule has 0 unspecified atom stereocenters. The summed E-state index contributed by atoms with van der Waals surface area (Å²) in [6.07, 6.45) is 5.87. The van der Waals surface area contributed by atoms with Gasteiger partial charge in [0.1, 0.15) is 0 Å². The Balaban J connectivity index is 1.40. The van der Waals surface area contributed by atoms with Gasteiger partial charge in [-0.15, -0.1) is 0 Å². The number of sulfone groups is 2. The summed E-state index contributed by atoms with van der Waals surface area (Å²) in [4.78, 5) is 12.8. The van der Waals surface area contributed by atoms with Gasteiger partial charge in [-0.05, 0) is 73.6 Å². The molecule has 1 saturated carbocycles. The van der Waals surface area contributed by atoms with Crippen LogP contribution in [0.3, 0.4) is 0 Å². The van der Waals surface area contributed by atoms with E-state index in [-0.39, 0.29) is 27.2 Å². The van der Waals surface area contributed by atoms with E-state index in [0.29, 0.717) is 18.5 Å². The molecule has 8 heteroatoms. The van der Waals surface area contributed by atoms with Crippen LogP contribution in [0, 0.1) is 0 Å². The van der Waals surface area contributed by atoms with Crippen LogP contribution in [0.1, 0.15) is 49.7 Å². The fourth-order valence-corrected chi connectivity index (χ4v) is 7.64. The van der Waals surface area contributed by atoms with Crippen LogP contribution in [0.2, 0.25) is 0 Å². The Bertz CT molecular complexity index is 1200. The van der Waals surface area contributed by atoms with Crippen molar-refractivity contribution >= 4 is 31.3 Å². The van der Waals surface area contributed by atoms with Gasteiger partial charge in [-0.3, -0.25) is 4.79 Å². The Labute approximate surface area is 183 Å². The van der Waals surface area contributed by atoms with E-state index in [9.17, 15) is 21.6 Å². The zero-order chi connectivity index (χ0) is 22.1. The molecule has 0 atom stereocenters. The van der Waals surface area contributed by atoms with E-state index >= 15 is 0 Å². The lowest BCUT2D eigenvalue weighted by Crippen LogP contribution is -2.19. The molecule has 1 N–H and O–H groups in total. The second-order valence-corrected chi connectivity index (χ2v) is 12.7. The Morgan fingerprint density at radius 1 is 0.871 bits per heavy atom. The largest absolute Gasteiger partial charge is 0.326 e. The lowest BCUT2D eigenvalue weighted by molar-refractivity contribution is -0.115. The summed E-state index contributed by atoms with van der Waals surface area (Å²) in [6, 6.07) is 11.4. The Morgan fingerprint density at radius 2 is 1.61 bits per heavy atom. The van der Waals surface area contributed by atoms with E-state index in [0.717, 1.165) is 37.7 Å². The van der Waals surface area contributed by atoms with E-state index in [1.54, 1.807) is 30.3 Å². The topological polar surface area (TPSA) is 97.4 Å². The third kappa shape index (κ3) is 4.85. The maximum Gasteiger partial charge on any atom is 0.225 e. The molecule has 0 bridgehead atoms. The Kier molecular flexibility index (Phi) is 6.21. The number of carbonyl (C=O) groups is 1. The Morgan fingerprint density at radius 3 is 2.39 bits per heavy atom. The summed E-state index contributed by atoms with van der Waals surface area (Å²) >= 11 is 0. The smallest absolute Gasteiger partial charge is 0.225 e. The average molecular weight is 462 g/mol. The number of hydrogen-bond donors (Lipinski definition) is 1.